The van der Waals surface area contributed by atoms with Gasteiger partial charge < -0.3 is 10.2 Å². The molecular weight excluding hydrogens is 206 g/mol. The van der Waals surface area contributed by atoms with E-state index in [1.54, 1.807) is 13.8 Å². The highest BCUT2D eigenvalue weighted by molar-refractivity contribution is 5.73. The first-order valence-electron chi connectivity index (χ1n) is 6.01. The molecule has 4 nitrogen and oxygen atoms in total. The summed E-state index contributed by atoms with van der Waals surface area (Å²) in [7, 11) is 0. The average Bonchev–Trinajstić information content (AvgIpc) is 2.14. The summed E-state index contributed by atoms with van der Waals surface area (Å²) in [5.74, 6) is -0.792. The van der Waals surface area contributed by atoms with Gasteiger partial charge in [-0.05, 0) is 26.8 Å². The van der Waals surface area contributed by atoms with Gasteiger partial charge in [-0.1, -0.05) is 26.7 Å². The van der Waals surface area contributed by atoms with E-state index in [-0.39, 0.29) is 0 Å². The summed E-state index contributed by atoms with van der Waals surface area (Å²) in [6.45, 7) is 8.41. The predicted octanol–water partition coefficient (Wildman–Crippen LogP) is 1.72. The summed E-state index contributed by atoms with van der Waals surface area (Å²) in [5, 5.41) is 18.9. The maximum absolute atomic E-state index is 11.2. The molecule has 0 bridgehead atoms. The zero-order chi connectivity index (χ0) is 12.8. The summed E-state index contributed by atoms with van der Waals surface area (Å²) in [6.07, 6.45) is 2.54. The maximum Gasteiger partial charge on any atom is 0.320 e. The minimum absolute atomic E-state index is 0.393. The van der Waals surface area contributed by atoms with Crippen LogP contribution in [0.3, 0.4) is 0 Å². The van der Waals surface area contributed by atoms with Crippen molar-refractivity contribution in [1.82, 2.24) is 4.90 Å². The lowest BCUT2D eigenvalue weighted by molar-refractivity contribution is -0.144. The molecule has 16 heavy (non-hydrogen) atoms. The molecule has 0 rings (SSSR count). The molecule has 96 valence electrons. The van der Waals surface area contributed by atoms with Gasteiger partial charge in [0.15, 0.2) is 0 Å². The molecule has 0 saturated heterocycles. The summed E-state index contributed by atoms with van der Waals surface area (Å²) in [4.78, 5) is 13.0. The van der Waals surface area contributed by atoms with Crippen LogP contribution in [0.15, 0.2) is 0 Å². The van der Waals surface area contributed by atoms with E-state index in [2.05, 4.69) is 0 Å². The molecule has 0 aromatic heterocycles. The lowest BCUT2D eigenvalue weighted by Crippen LogP contribution is -2.47. The second kappa shape index (κ2) is 6.86. The number of carbonyl (C=O) groups is 1. The van der Waals surface area contributed by atoms with E-state index in [0.29, 0.717) is 19.5 Å². The Morgan fingerprint density at radius 3 is 2.25 bits per heavy atom. The first-order valence-corrected chi connectivity index (χ1v) is 6.01. The molecule has 0 amide bonds. The summed E-state index contributed by atoms with van der Waals surface area (Å²) in [6, 6.07) is -0.476. The van der Waals surface area contributed by atoms with Crippen LogP contribution in [0.2, 0.25) is 0 Å². The summed E-state index contributed by atoms with van der Waals surface area (Å²) in [5.41, 5.74) is -0.851. The number of hydrogen-bond acceptors (Lipinski definition) is 3. The number of aliphatic carboxylic acids is 1. The Labute approximate surface area is 98.3 Å². The third-order valence-electron chi connectivity index (χ3n) is 2.55. The number of carboxylic acid groups (broad SMARTS) is 1. The van der Waals surface area contributed by atoms with E-state index in [4.69, 9.17) is 0 Å². The molecule has 0 radical (unpaired) electrons. The van der Waals surface area contributed by atoms with Crippen molar-refractivity contribution in [3.8, 4) is 0 Å². The number of rotatable bonds is 8. The van der Waals surface area contributed by atoms with E-state index < -0.39 is 17.6 Å². The van der Waals surface area contributed by atoms with Crippen LogP contribution in [0.25, 0.3) is 0 Å². The van der Waals surface area contributed by atoms with E-state index in [1.165, 1.54) is 0 Å². The van der Waals surface area contributed by atoms with Crippen molar-refractivity contribution in [2.75, 3.05) is 13.1 Å². The van der Waals surface area contributed by atoms with Crippen molar-refractivity contribution in [3.05, 3.63) is 0 Å². The van der Waals surface area contributed by atoms with E-state index in [1.807, 2.05) is 18.7 Å². The van der Waals surface area contributed by atoms with Gasteiger partial charge in [0, 0.05) is 6.54 Å². The monoisotopic (exact) mass is 231 g/mol. The van der Waals surface area contributed by atoms with E-state index >= 15 is 0 Å². The Morgan fingerprint density at radius 1 is 1.38 bits per heavy atom. The van der Waals surface area contributed by atoms with Crippen molar-refractivity contribution in [3.63, 3.8) is 0 Å². The van der Waals surface area contributed by atoms with Crippen LogP contribution in [-0.4, -0.2) is 45.8 Å². The lowest BCUT2D eigenvalue weighted by Gasteiger charge is -2.32. The van der Waals surface area contributed by atoms with Crippen LogP contribution in [0.1, 0.15) is 47.0 Å². The molecule has 1 atom stereocenters. The van der Waals surface area contributed by atoms with Crippen LogP contribution in [0, 0.1) is 0 Å². The number of aliphatic hydroxyl groups is 1. The molecule has 0 aliphatic rings. The van der Waals surface area contributed by atoms with Gasteiger partial charge in [-0.15, -0.1) is 0 Å². The molecule has 0 aromatic carbocycles. The molecule has 0 aliphatic carbocycles. The van der Waals surface area contributed by atoms with Crippen LogP contribution in [0.5, 0.6) is 0 Å². The number of likely N-dealkylation sites (N-methyl/N-ethyl adjacent to an activating group) is 1. The Kier molecular flexibility index (Phi) is 6.60. The second-order valence-electron chi connectivity index (χ2n) is 4.87. The molecule has 0 aromatic rings. The maximum atomic E-state index is 11.2. The molecule has 0 fully saturated rings. The Morgan fingerprint density at radius 2 is 1.94 bits per heavy atom. The van der Waals surface area contributed by atoms with Crippen molar-refractivity contribution < 1.29 is 15.0 Å². The Balaban J connectivity index is 4.52. The van der Waals surface area contributed by atoms with Gasteiger partial charge in [0.2, 0.25) is 0 Å². The quantitative estimate of drug-likeness (QED) is 0.668. The highest BCUT2D eigenvalue weighted by Crippen LogP contribution is 2.13. The highest BCUT2D eigenvalue weighted by Gasteiger charge is 2.27. The fourth-order valence-corrected chi connectivity index (χ4v) is 1.80. The molecule has 0 saturated carbocycles. The number of hydrogen-bond donors (Lipinski definition) is 2. The van der Waals surface area contributed by atoms with Crippen molar-refractivity contribution in [2.45, 2.75) is 58.6 Å². The average molecular weight is 231 g/mol. The van der Waals surface area contributed by atoms with Gasteiger partial charge in [0.25, 0.3) is 0 Å². The molecule has 1 unspecified atom stereocenters. The minimum Gasteiger partial charge on any atom is -0.480 e. The van der Waals surface area contributed by atoms with Crippen LogP contribution in [0.4, 0.5) is 0 Å². The molecule has 0 spiro atoms. The van der Waals surface area contributed by atoms with Crippen molar-refractivity contribution >= 4 is 5.97 Å². The van der Waals surface area contributed by atoms with Crippen molar-refractivity contribution in [1.29, 1.82) is 0 Å². The first-order chi connectivity index (χ1) is 7.31. The number of carboxylic acids is 1. The summed E-state index contributed by atoms with van der Waals surface area (Å²) >= 11 is 0. The molecule has 4 heteroatoms. The standard InChI is InChI=1S/C12H25NO3/c1-5-7-8-10(11(14)15)13(6-2)9-12(3,4)16/h10,16H,5-9H2,1-4H3,(H,14,15). The van der Waals surface area contributed by atoms with Gasteiger partial charge in [-0.2, -0.15) is 0 Å². The van der Waals surface area contributed by atoms with Crippen LogP contribution >= 0.6 is 0 Å². The largest absolute Gasteiger partial charge is 0.480 e. The van der Waals surface area contributed by atoms with Gasteiger partial charge >= 0.3 is 5.97 Å². The zero-order valence-electron chi connectivity index (χ0n) is 10.9. The van der Waals surface area contributed by atoms with E-state index in [0.717, 1.165) is 12.8 Å². The van der Waals surface area contributed by atoms with Gasteiger partial charge in [-0.3, -0.25) is 9.69 Å². The topological polar surface area (TPSA) is 60.8 Å². The third-order valence-corrected chi connectivity index (χ3v) is 2.55. The fourth-order valence-electron chi connectivity index (χ4n) is 1.80. The van der Waals surface area contributed by atoms with Crippen molar-refractivity contribution in [2.24, 2.45) is 0 Å². The Hall–Kier alpha value is -0.610. The normalized spacial score (nSPS) is 14.1. The number of unbranched alkanes of at least 4 members (excludes halogenated alkanes) is 1. The smallest absolute Gasteiger partial charge is 0.320 e. The van der Waals surface area contributed by atoms with Gasteiger partial charge in [-0.25, -0.2) is 0 Å². The first kappa shape index (κ1) is 15.4. The molecular formula is C12H25NO3. The van der Waals surface area contributed by atoms with Crippen LogP contribution < -0.4 is 0 Å². The van der Waals surface area contributed by atoms with E-state index in [9.17, 15) is 15.0 Å². The molecule has 0 heterocycles. The van der Waals surface area contributed by atoms with Crippen LogP contribution in [-0.2, 0) is 4.79 Å². The minimum atomic E-state index is -0.851. The molecule has 0 aliphatic heterocycles. The molecule has 2 N–H and O–H groups in total. The summed E-state index contributed by atoms with van der Waals surface area (Å²) < 4.78 is 0. The second-order valence-corrected chi connectivity index (χ2v) is 4.87. The fraction of sp³-hybridized carbons (Fsp3) is 0.917. The highest BCUT2D eigenvalue weighted by atomic mass is 16.4. The number of nitrogens with zero attached hydrogens (tertiary/aromatic N) is 1. The van der Waals surface area contributed by atoms with Gasteiger partial charge in [0.1, 0.15) is 6.04 Å². The third kappa shape index (κ3) is 6.08. The predicted molar refractivity (Wildman–Crippen MR) is 64.5 cm³/mol. The SMILES string of the molecule is CCCCC(C(=O)O)N(CC)CC(C)(C)O. The van der Waals surface area contributed by atoms with Gasteiger partial charge in [0.05, 0.1) is 5.60 Å². The zero-order valence-corrected chi connectivity index (χ0v) is 10.9. The lowest BCUT2D eigenvalue weighted by atomic mass is 10.0. The Bertz CT molecular complexity index is 211.